The first-order valence-corrected chi connectivity index (χ1v) is 5.55. The number of rotatable bonds is 3. The topological polar surface area (TPSA) is 61.6 Å². The number of thioether (sulfide) groups is 1. The van der Waals surface area contributed by atoms with E-state index >= 15 is 0 Å². The molecule has 2 N–H and O–H groups in total. The van der Waals surface area contributed by atoms with E-state index in [2.05, 4.69) is 0 Å². The Morgan fingerprint density at radius 3 is 2.80 bits per heavy atom. The molecule has 0 atom stereocenters. The van der Waals surface area contributed by atoms with Gasteiger partial charge in [0, 0.05) is 4.90 Å². The Hall–Kier alpha value is -1.36. The third-order valence-corrected chi connectivity index (χ3v) is 2.91. The first-order valence-electron chi connectivity index (χ1n) is 4.56. The average molecular weight is 225 g/mol. The highest BCUT2D eigenvalue weighted by Crippen LogP contribution is 2.33. The fourth-order valence-electron chi connectivity index (χ4n) is 1.27. The zero-order valence-corrected chi connectivity index (χ0v) is 8.88. The molecule has 0 bridgehead atoms. The van der Waals surface area contributed by atoms with Gasteiger partial charge in [0.05, 0.1) is 5.75 Å². The number of hydrogen-bond donors (Lipinski definition) is 1. The lowest BCUT2D eigenvalue weighted by molar-refractivity contribution is -0.115. The van der Waals surface area contributed by atoms with Crippen LogP contribution in [-0.2, 0) is 4.79 Å². The fourth-order valence-corrected chi connectivity index (χ4v) is 1.93. The van der Waals surface area contributed by atoms with Crippen molar-refractivity contribution >= 4 is 17.7 Å². The Labute approximate surface area is 91.7 Å². The summed E-state index contributed by atoms with van der Waals surface area (Å²) in [5.74, 6) is 1.44. The van der Waals surface area contributed by atoms with Crippen LogP contribution in [0.3, 0.4) is 0 Å². The van der Waals surface area contributed by atoms with Gasteiger partial charge in [0.15, 0.2) is 11.5 Å². The highest BCUT2D eigenvalue weighted by atomic mass is 32.2. The van der Waals surface area contributed by atoms with Crippen LogP contribution < -0.4 is 15.2 Å². The van der Waals surface area contributed by atoms with Crippen molar-refractivity contribution in [1.29, 1.82) is 0 Å². The molecule has 0 aromatic heterocycles. The highest BCUT2D eigenvalue weighted by molar-refractivity contribution is 8.00. The Morgan fingerprint density at radius 2 is 2.07 bits per heavy atom. The maximum atomic E-state index is 10.6. The number of carbonyl (C=O) groups excluding carboxylic acids is 1. The Bertz CT molecular complexity index is 381. The smallest absolute Gasteiger partial charge is 0.227 e. The number of hydrogen-bond acceptors (Lipinski definition) is 4. The monoisotopic (exact) mass is 225 g/mol. The first kappa shape index (κ1) is 10.2. The molecular formula is C10H11NO3S. The Morgan fingerprint density at radius 1 is 1.33 bits per heavy atom. The molecule has 5 heteroatoms. The first-order chi connectivity index (χ1) is 7.25. The number of carbonyl (C=O) groups is 1. The lowest BCUT2D eigenvalue weighted by Gasteiger charge is -2.18. The van der Waals surface area contributed by atoms with Crippen LogP contribution in [0, 0.1) is 0 Å². The van der Waals surface area contributed by atoms with E-state index in [1.165, 1.54) is 11.8 Å². The molecule has 0 saturated heterocycles. The SMILES string of the molecule is NC(=O)CSc1ccc2c(c1)OCCO2. The number of primary amides is 1. The van der Waals surface area contributed by atoms with Gasteiger partial charge in [-0.15, -0.1) is 11.8 Å². The molecule has 2 rings (SSSR count). The van der Waals surface area contributed by atoms with Gasteiger partial charge in [0.25, 0.3) is 0 Å². The summed E-state index contributed by atoms with van der Waals surface area (Å²) in [6, 6.07) is 5.60. The molecule has 0 spiro atoms. The minimum absolute atomic E-state index is 0.277. The summed E-state index contributed by atoms with van der Waals surface area (Å²) in [4.78, 5) is 11.6. The molecule has 1 heterocycles. The summed E-state index contributed by atoms with van der Waals surface area (Å²) in [6.45, 7) is 1.15. The summed E-state index contributed by atoms with van der Waals surface area (Å²) < 4.78 is 10.8. The van der Waals surface area contributed by atoms with E-state index in [1.54, 1.807) is 0 Å². The van der Waals surface area contributed by atoms with Crippen molar-refractivity contribution in [2.24, 2.45) is 5.73 Å². The zero-order chi connectivity index (χ0) is 10.7. The minimum atomic E-state index is -0.324. The summed E-state index contributed by atoms with van der Waals surface area (Å²) in [6.07, 6.45) is 0. The van der Waals surface area contributed by atoms with Gasteiger partial charge >= 0.3 is 0 Å². The van der Waals surface area contributed by atoms with Gasteiger partial charge in [-0.05, 0) is 18.2 Å². The van der Waals surface area contributed by atoms with Crippen LogP contribution in [-0.4, -0.2) is 24.9 Å². The number of ether oxygens (including phenoxy) is 2. The van der Waals surface area contributed by atoms with E-state index in [0.29, 0.717) is 13.2 Å². The zero-order valence-electron chi connectivity index (χ0n) is 8.06. The van der Waals surface area contributed by atoms with Crippen molar-refractivity contribution in [3.05, 3.63) is 18.2 Å². The molecule has 0 unspecified atom stereocenters. The van der Waals surface area contributed by atoms with E-state index in [9.17, 15) is 4.79 Å². The average Bonchev–Trinajstić information content (AvgIpc) is 2.26. The second-order valence-corrected chi connectivity index (χ2v) is 4.11. The molecule has 0 saturated carbocycles. The van der Waals surface area contributed by atoms with Crippen molar-refractivity contribution in [2.75, 3.05) is 19.0 Å². The second-order valence-electron chi connectivity index (χ2n) is 3.06. The van der Waals surface area contributed by atoms with Gasteiger partial charge in [0.2, 0.25) is 5.91 Å². The summed E-state index contributed by atoms with van der Waals surface area (Å²) in [7, 11) is 0. The molecule has 0 radical (unpaired) electrons. The standard InChI is InChI=1S/C10H11NO3S/c11-10(12)6-15-7-1-2-8-9(5-7)14-4-3-13-8/h1-2,5H,3-4,6H2,(H2,11,12). The van der Waals surface area contributed by atoms with Gasteiger partial charge in [-0.1, -0.05) is 0 Å². The fraction of sp³-hybridized carbons (Fsp3) is 0.300. The van der Waals surface area contributed by atoms with E-state index in [0.717, 1.165) is 16.4 Å². The molecule has 0 aliphatic carbocycles. The van der Waals surface area contributed by atoms with Crippen LogP contribution in [0.2, 0.25) is 0 Å². The molecule has 80 valence electrons. The van der Waals surface area contributed by atoms with Crippen molar-refractivity contribution in [3.8, 4) is 11.5 Å². The molecule has 1 amide bonds. The van der Waals surface area contributed by atoms with Crippen LogP contribution in [0.5, 0.6) is 11.5 Å². The lowest BCUT2D eigenvalue weighted by Crippen LogP contribution is -2.15. The lowest BCUT2D eigenvalue weighted by atomic mass is 10.3. The maximum absolute atomic E-state index is 10.6. The van der Waals surface area contributed by atoms with Crippen molar-refractivity contribution in [3.63, 3.8) is 0 Å². The van der Waals surface area contributed by atoms with Gasteiger partial charge in [0.1, 0.15) is 13.2 Å². The van der Waals surface area contributed by atoms with Crippen LogP contribution in [0.25, 0.3) is 0 Å². The Balaban J connectivity index is 2.10. The third kappa shape index (κ3) is 2.56. The van der Waals surface area contributed by atoms with Gasteiger partial charge in [-0.2, -0.15) is 0 Å². The van der Waals surface area contributed by atoms with E-state index in [1.807, 2.05) is 18.2 Å². The number of amides is 1. The number of fused-ring (bicyclic) bond motifs is 1. The predicted molar refractivity (Wildman–Crippen MR) is 57.4 cm³/mol. The normalized spacial score (nSPS) is 13.6. The quantitative estimate of drug-likeness (QED) is 0.781. The molecule has 1 aromatic rings. The van der Waals surface area contributed by atoms with Crippen LogP contribution >= 0.6 is 11.8 Å². The summed E-state index contributed by atoms with van der Waals surface area (Å²) >= 11 is 1.39. The highest BCUT2D eigenvalue weighted by Gasteiger charge is 2.11. The number of nitrogens with two attached hydrogens (primary N) is 1. The number of benzene rings is 1. The minimum Gasteiger partial charge on any atom is -0.486 e. The van der Waals surface area contributed by atoms with Crippen molar-refractivity contribution in [1.82, 2.24) is 0 Å². The molecule has 4 nitrogen and oxygen atoms in total. The van der Waals surface area contributed by atoms with Gasteiger partial charge < -0.3 is 15.2 Å². The van der Waals surface area contributed by atoms with Crippen molar-refractivity contribution < 1.29 is 14.3 Å². The molecule has 1 aliphatic heterocycles. The van der Waals surface area contributed by atoms with Crippen LogP contribution in [0.1, 0.15) is 0 Å². The van der Waals surface area contributed by atoms with E-state index in [-0.39, 0.29) is 11.7 Å². The van der Waals surface area contributed by atoms with Gasteiger partial charge in [-0.3, -0.25) is 4.79 Å². The van der Waals surface area contributed by atoms with E-state index < -0.39 is 0 Å². The Kier molecular flexibility index (Phi) is 3.01. The molecule has 1 aliphatic rings. The van der Waals surface area contributed by atoms with Gasteiger partial charge in [-0.25, -0.2) is 0 Å². The van der Waals surface area contributed by atoms with Crippen LogP contribution in [0.15, 0.2) is 23.1 Å². The summed E-state index contributed by atoms with van der Waals surface area (Å²) in [5, 5.41) is 0. The third-order valence-electron chi connectivity index (χ3n) is 1.89. The van der Waals surface area contributed by atoms with Crippen LogP contribution in [0.4, 0.5) is 0 Å². The molecule has 15 heavy (non-hydrogen) atoms. The predicted octanol–water partition coefficient (Wildman–Crippen LogP) is 1.04. The summed E-state index contributed by atoms with van der Waals surface area (Å²) in [5.41, 5.74) is 5.06. The molecule has 0 fully saturated rings. The molecular weight excluding hydrogens is 214 g/mol. The largest absolute Gasteiger partial charge is 0.486 e. The second kappa shape index (κ2) is 4.44. The maximum Gasteiger partial charge on any atom is 0.227 e. The van der Waals surface area contributed by atoms with E-state index in [4.69, 9.17) is 15.2 Å². The van der Waals surface area contributed by atoms with Crippen molar-refractivity contribution in [2.45, 2.75) is 4.90 Å². The molecule has 1 aromatic carbocycles.